The first kappa shape index (κ1) is 18.2. The Labute approximate surface area is 154 Å². The highest BCUT2D eigenvalue weighted by Crippen LogP contribution is 2.29. The number of anilines is 1. The van der Waals surface area contributed by atoms with Gasteiger partial charge in [0, 0.05) is 17.7 Å². The van der Waals surface area contributed by atoms with E-state index in [0.29, 0.717) is 24.1 Å². The number of nitrogens with zero attached hydrogens (tertiary/aromatic N) is 1. The van der Waals surface area contributed by atoms with E-state index < -0.39 is 0 Å². The van der Waals surface area contributed by atoms with Crippen LogP contribution in [0.25, 0.3) is 22.6 Å². The SMILES string of the molecule is CCC(C)c1ccc2oc(-c3cccc(NC(=O)CC(C)C)c3)nc2c1. The van der Waals surface area contributed by atoms with Crippen molar-refractivity contribution in [3.05, 3.63) is 48.0 Å². The average Bonchev–Trinajstić information content (AvgIpc) is 3.03. The number of rotatable bonds is 6. The van der Waals surface area contributed by atoms with Crippen molar-refractivity contribution in [2.75, 3.05) is 5.32 Å². The number of aromatic nitrogens is 1. The van der Waals surface area contributed by atoms with Gasteiger partial charge in [0.25, 0.3) is 0 Å². The van der Waals surface area contributed by atoms with Gasteiger partial charge in [0.05, 0.1) is 0 Å². The highest BCUT2D eigenvalue weighted by molar-refractivity contribution is 5.91. The van der Waals surface area contributed by atoms with Gasteiger partial charge in [-0.3, -0.25) is 4.79 Å². The molecule has 0 bridgehead atoms. The number of amides is 1. The number of oxazole rings is 1. The number of hydrogen-bond acceptors (Lipinski definition) is 3. The fourth-order valence-electron chi connectivity index (χ4n) is 2.92. The van der Waals surface area contributed by atoms with Gasteiger partial charge < -0.3 is 9.73 Å². The molecule has 4 nitrogen and oxygen atoms in total. The fraction of sp³-hybridized carbons (Fsp3) is 0.364. The summed E-state index contributed by atoms with van der Waals surface area (Å²) in [6.45, 7) is 8.46. The molecule has 0 spiro atoms. The minimum atomic E-state index is 0.0212. The van der Waals surface area contributed by atoms with Gasteiger partial charge in [-0.2, -0.15) is 0 Å². The Morgan fingerprint density at radius 2 is 1.96 bits per heavy atom. The molecule has 0 aliphatic heterocycles. The topological polar surface area (TPSA) is 55.1 Å². The summed E-state index contributed by atoms with van der Waals surface area (Å²) in [5.74, 6) is 1.42. The molecule has 1 amide bonds. The third kappa shape index (κ3) is 4.13. The van der Waals surface area contributed by atoms with Crippen LogP contribution in [0.3, 0.4) is 0 Å². The second kappa shape index (κ2) is 7.73. The summed E-state index contributed by atoms with van der Waals surface area (Å²) >= 11 is 0. The summed E-state index contributed by atoms with van der Waals surface area (Å²) in [7, 11) is 0. The van der Waals surface area contributed by atoms with Crippen LogP contribution in [-0.2, 0) is 4.79 Å². The monoisotopic (exact) mass is 350 g/mol. The summed E-state index contributed by atoms with van der Waals surface area (Å²) < 4.78 is 5.92. The predicted molar refractivity (Wildman–Crippen MR) is 106 cm³/mol. The van der Waals surface area contributed by atoms with Crippen molar-refractivity contribution in [2.24, 2.45) is 5.92 Å². The maximum Gasteiger partial charge on any atom is 0.227 e. The smallest absolute Gasteiger partial charge is 0.227 e. The fourth-order valence-corrected chi connectivity index (χ4v) is 2.92. The Hall–Kier alpha value is -2.62. The number of benzene rings is 2. The van der Waals surface area contributed by atoms with Crippen LogP contribution in [0.4, 0.5) is 5.69 Å². The van der Waals surface area contributed by atoms with Crippen LogP contribution < -0.4 is 5.32 Å². The van der Waals surface area contributed by atoms with E-state index in [1.807, 2.05) is 44.2 Å². The van der Waals surface area contributed by atoms with Crippen LogP contribution in [0.15, 0.2) is 46.9 Å². The minimum absolute atomic E-state index is 0.0212. The molecular formula is C22H26N2O2. The number of carbonyl (C=O) groups excluding carboxylic acids is 1. The molecule has 1 aromatic heterocycles. The Morgan fingerprint density at radius 3 is 2.69 bits per heavy atom. The number of hydrogen-bond donors (Lipinski definition) is 1. The zero-order valence-corrected chi connectivity index (χ0v) is 15.9. The number of nitrogens with one attached hydrogen (secondary N) is 1. The second-order valence-corrected chi connectivity index (χ2v) is 7.28. The van der Waals surface area contributed by atoms with Crippen molar-refractivity contribution in [3.63, 3.8) is 0 Å². The summed E-state index contributed by atoms with van der Waals surface area (Å²) in [6, 6.07) is 13.8. The van der Waals surface area contributed by atoms with Gasteiger partial charge in [0.15, 0.2) is 5.58 Å². The van der Waals surface area contributed by atoms with Gasteiger partial charge in [-0.05, 0) is 54.2 Å². The van der Waals surface area contributed by atoms with Gasteiger partial charge >= 0.3 is 0 Å². The molecule has 3 aromatic rings. The maximum absolute atomic E-state index is 12.0. The highest BCUT2D eigenvalue weighted by atomic mass is 16.3. The molecule has 2 aromatic carbocycles. The molecule has 4 heteroatoms. The predicted octanol–water partition coefficient (Wildman–Crippen LogP) is 5.99. The van der Waals surface area contributed by atoms with Crippen molar-refractivity contribution in [2.45, 2.75) is 46.5 Å². The van der Waals surface area contributed by atoms with E-state index in [0.717, 1.165) is 28.8 Å². The lowest BCUT2D eigenvalue weighted by molar-refractivity contribution is -0.116. The van der Waals surface area contributed by atoms with Crippen LogP contribution in [0.2, 0.25) is 0 Å². The molecule has 1 atom stereocenters. The van der Waals surface area contributed by atoms with Gasteiger partial charge in [0.2, 0.25) is 11.8 Å². The zero-order valence-electron chi connectivity index (χ0n) is 15.9. The molecule has 1 unspecified atom stereocenters. The van der Waals surface area contributed by atoms with Crippen molar-refractivity contribution in [3.8, 4) is 11.5 Å². The van der Waals surface area contributed by atoms with Crippen molar-refractivity contribution >= 4 is 22.7 Å². The molecule has 0 saturated carbocycles. The Kier molecular flexibility index (Phi) is 5.40. The van der Waals surface area contributed by atoms with Gasteiger partial charge in [0.1, 0.15) is 5.52 Å². The van der Waals surface area contributed by atoms with E-state index >= 15 is 0 Å². The normalized spacial score (nSPS) is 12.5. The summed E-state index contributed by atoms with van der Waals surface area (Å²) in [5.41, 5.74) is 4.53. The van der Waals surface area contributed by atoms with Crippen LogP contribution in [-0.4, -0.2) is 10.9 Å². The summed E-state index contributed by atoms with van der Waals surface area (Å²) in [4.78, 5) is 16.6. The third-order valence-corrected chi connectivity index (χ3v) is 4.58. The Bertz CT molecular complexity index is 911. The van der Waals surface area contributed by atoms with E-state index in [4.69, 9.17) is 4.42 Å². The highest BCUT2D eigenvalue weighted by Gasteiger charge is 2.12. The standard InChI is InChI=1S/C22H26N2O2/c1-5-15(4)16-9-10-20-19(13-16)24-22(26-20)17-7-6-8-18(12-17)23-21(25)11-14(2)3/h6-10,12-15H,5,11H2,1-4H3,(H,23,25). The molecule has 0 aliphatic rings. The Morgan fingerprint density at radius 1 is 1.15 bits per heavy atom. The van der Waals surface area contributed by atoms with E-state index in [1.165, 1.54) is 5.56 Å². The number of fused-ring (bicyclic) bond motifs is 1. The lowest BCUT2D eigenvalue weighted by Gasteiger charge is -2.07. The third-order valence-electron chi connectivity index (χ3n) is 4.58. The number of carbonyl (C=O) groups is 1. The van der Waals surface area contributed by atoms with Crippen molar-refractivity contribution < 1.29 is 9.21 Å². The molecule has 3 rings (SSSR count). The first-order valence-corrected chi connectivity index (χ1v) is 9.27. The molecule has 1 heterocycles. The largest absolute Gasteiger partial charge is 0.436 e. The molecule has 136 valence electrons. The van der Waals surface area contributed by atoms with E-state index in [2.05, 4.69) is 36.3 Å². The second-order valence-electron chi connectivity index (χ2n) is 7.28. The summed E-state index contributed by atoms with van der Waals surface area (Å²) in [5, 5.41) is 2.94. The van der Waals surface area contributed by atoms with Crippen LogP contribution in [0, 0.1) is 5.92 Å². The van der Waals surface area contributed by atoms with E-state index in [9.17, 15) is 4.79 Å². The van der Waals surface area contributed by atoms with Crippen molar-refractivity contribution in [1.82, 2.24) is 4.98 Å². The minimum Gasteiger partial charge on any atom is -0.436 e. The van der Waals surface area contributed by atoms with Gasteiger partial charge in [-0.25, -0.2) is 4.98 Å². The quantitative estimate of drug-likeness (QED) is 0.594. The van der Waals surface area contributed by atoms with Gasteiger partial charge in [-0.1, -0.05) is 39.8 Å². The van der Waals surface area contributed by atoms with Crippen LogP contribution >= 0.6 is 0 Å². The van der Waals surface area contributed by atoms with Crippen LogP contribution in [0.5, 0.6) is 0 Å². The summed E-state index contributed by atoms with van der Waals surface area (Å²) in [6.07, 6.45) is 1.60. The van der Waals surface area contributed by atoms with E-state index in [-0.39, 0.29) is 5.91 Å². The lowest BCUT2D eigenvalue weighted by atomic mass is 9.98. The first-order chi connectivity index (χ1) is 12.5. The molecule has 1 N–H and O–H groups in total. The van der Waals surface area contributed by atoms with Crippen molar-refractivity contribution in [1.29, 1.82) is 0 Å². The zero-order chi connectivity index (χ0) is 18.7. The lowest BCUT2D eigenvalue weighted by Crippen LogP contribution is -2.13. The molecule has 0 fully saturated rings. The molecule has 0 aliphatic carbocycles. The van der Waals surface area contributed by atoms with Crippen LogP contribution in [0.1, 0.15) is 52.0 Å². The molecule has 26 heavy (non-hydrogen) atoms. The van der Waals surface area contributed by atoms with Gasteiger partial charge in [-0.15, -0.1) is 0 Å². The first-order valence-electron chi connectivity index (χ1n) is 9.27. The van der Waals surface area contributed by atoms with E-state index in [1.54, 1.807) is 0 Å². The maximum atomic E-state index is 12.0. The Balaban J connectivity index is 1.86. The average molecular weight is 350 g/mol. The molecule has 0 radical (unpaired) electrons. The molecule has 0 saturated heterocycles. The molecular weight excluding hydrogens is 324 g/mol.